The van der Waals surface area contributed by atoms with Crippen LogP contribution in [0.3, 0.4) is 0 Å². The van der Waals surface area contributed by atoms with Crippen molar-refractivity contribution in [3.63, 3.8) is 0 Å². The Morgan fingerprint density at radius 2 is 1.87 bits per heavy atom. The number of carbonyl (C=O) groups excluding carboxylic acids is 2. The molecular formula is C22H19N3O5. The number of furan rings is 1. The fourth-order valence-electron chi connectivity index (χ4n) is 3.05. The lowest BCUT2D eigenvalue weighted by atomic mass is 10.1. The maximum absolute atomic E-state index is 13.0. The van der Waals surface area contributed by atoms with E-state index in [4.69, 9.17) is 9.15 Å². The number of benzene rings is 1. The first kappa shape index (κ1) is 19.4. The molecule has 4 rings (SSSR count). The summed E-state index contributed by atoms with van der Waals surface area (Å²) in [6, 6.07) is 11.3. The summed E-state index contributed by atoms with van der Waals surface area (Å²) in [5.74, 6) is -0.199. The first-order valence-electron chi connectivity index (χ1n) is 9.30. The van der Waals surface area contributed by atoms with Gasteiger partial charge < -0.3 is 13.9 Å². The van der Waals surface area contributed by atoms with Gasteiger partial charge in [-0.2, -0.15) is 5.10 Å². The third kappa shape index (κ3) is 3.55. The molecule has 8 heteroatoms. The van der Waals surface area contributed by atoms with Crippen LogP contribution in [-0.2, 0) is 4.74 Å². The molecule has 0 saturated carbocycles. The summed E-state index contributed by atoms with van der Waals surface area (Å²) < 4.78 is 17.4. The molecule has 0 bridgehead atoms. The Morgan fingerprint density at radius 1 is 1.10 bits per heavy atom. The molecule has 3 aromatic heterocycles. The maximum atomic E-state index is 13.0. The second-order valence-corrected chi connectivity index (χ2v) is 6.86. The summed E-state index contributed by atoms with van der Waals surface area (Å²) in [5.41, 5.74) is 1.74. The second-order valence-electron chi connectivity index (χ2n) is 6.86. The lowest BCUT2D eigenvalue weighted by Crippen LogP contribution is -2.11. The van der Waals surface area contributed by atoms with E-state index >= 15 is 0 Å². The van der Waals surface area contributed by atoms with E-state index in [0.717, 1.165) is 0 Å². The Morgan fingerprint density at radius 3 is 2.50 bits per heavy atom. The number of carbonyl (C=O) groups is 2. The zero-order chi connectivity index (χ0) is 21.3. The van der Waals surface area contributed by atoms with Gasteiger partial charge >= 0.3 is 11.9 Å². The second kappa shape index (κ2) is 7.82. The fraction of sp³-hybridized carbons (Fsp3) is 0.182. The van der Waals surface area contributed by atoms with Crippen molar-refractivity contribution in [3.05, 3.63) is 66.1 Å². The minimum absolute atomic E-state index is 0.0524. The van der Waals surface area contributed by atoms with Gasteiger partial charge in [0.1, 0.15) is 11.4 Å². The monoisotopic (exact) mass is 405 g/mol. The van der Waals surface area contributed by atoms with E-state index in [1.165, 1.54) is 31.4 Å². The summed E-state index contributed by atoms with van der Waals surface area (Å²) in [4.78, 5) is 29.2. The molecule has 0 atom stereocenters. The predicted octanol–water partition coefficient (Wildman–Crippen LogP) is 4.28. The number of fused-ring (bicyclic) bond motifs is 1. The number of aromatic nitrogens is 3. The van der Waals surface area contributed by atoms with Crippen LogP contribution >= 0.6 is 0 Å². The highest BCUT2D eigenvalue weighted by Gasteiger charge is 2.21. The van der Waals surface area contributed by atoms with Crippen LogP contribution in [0, 0.1) is 0 Å². The van der Waals surface area contributed by atoms with Gasteiger partial charge in [-0.3, -0.25) is 0 Å². The van der Waals surface area contributed by atoms with Crippen LogP contribution in [0.25, 0.3) is 22.5 Å². The van der Waals surface area contributed by atoms with Crippen molar-refractivity contribution in [2.45, 2.75) is 19.9 Å². The van der Waals surface area contributed by atoms with Gasteiger partial charge in [-0.15, -0.1) is 0 Å². The molecule has 30 heavy (non-hydrogen) atoms. The largest absolute Gasteiger partial charge is 0.465 e. The van der Waals surface area contributed by atoms with E-state index in [0.29, 0.717) is 39.4 Å². The van der Waals surface area contributed by atoms with Crippen molar-refractivity contribution in [2.75, 3.05) is 7.11 Å². The Balaban J connectivity index is 1.73. The van der Waals surface area contributed by atoms with E-state index in [2.05, 4.69) is 14.8 Å². The summed E-state index contributed by atoms with van der Waals surface area (Å²) in [6.07, 6.45) is 3.15. The standard InChI is InChI=1S/C22H19N3O5/c1-13(2)25-20-17(12-23-25)16(11-18(24-20)19-5-4-10-29-19)22(27)30-15-8-6-14(7-9-15)21(26)28-3/h4-13H,1-3H3. The van der Waals surface area contributed by atoms with Gasteiger partial charge in [-0.1, -0.05) is 0 Å². The number of nitrogens with zero attached hydrogens (tertiary/aromatic N) is 3. The van der Waals surface area contributed by atoms with Crippen molar-refractivity contribution in [1.29, 1.82) is 0 Å². The van der Waals surface area contributed by atoms with E-state index in [-0.39, 0.29) is 6.04 Å². The van der Waals surface area contributed by atoms with Crippen molar-refractivity contribution in [1.82, 2.24) is 14.8 Å². The van der Waals surface area contributed by atoms with Gasteiger partial charge in [0.2, 0.25) is 0 Å². The quantitative estimate of drug-likeness (QED) is 0.361. The number of hydrogen-bond acceptors (Lipinski definition) is 7. The van der Waals surface area contributed by atoms with Crippen LogP contribution < -0.4 is 4.74 Å². The van der Waals surface area contributed by atoms with Crippen LogP contribution in [0.5, 0.6) is 5.75 Å². The number of ether oxygens (including phenoxy) is 2. The van der Waals surface area contributed by atoms with Gasteiger partial charge in [0.05, 0.1) is 36.1 Å². The lowest BCUT2D eigenvalue weighted by Gasteiger charge is -2.10. The van der Waals surface area contributed by atoms with Crippen molar-refractivity contribution >= 4 is 23.0 Å². The molecule has 0 aliphatic rings. The Labute approximate surface area is 172 Å². The molecule has 0 N–H and O–H groups in total. The van der Waals surface area contributed by atoms with Crippen LogP contribution in [0.4, 0.5) is 0 Å². The number of methoxy groups -OCH3 is 1. The first-order valence-corrected chi connectivity index (χ1v) is 9.30. The Hall–Kier alpha value is -3.94. The summed E-state index contributed by atoms with van der Waals surface area (Å²) in [6.45, 7) is 3.96. The van der Waals surface area contributed by atoms with Gasteiger partial charge in [0, 0.05) is 6.04 Å². The summed E-state index contributed by atoms with van der Waals surface area (Å²) >= 11 is 0. The van der Waals surface area contributed by atoms with E-state index in [9.17, 15) is 9.59 Å². The van der Waals surface area contributed by atoms with Crippen LogP contribution in [0.2, 0.25) is 0 Å². The minimum Gasteiger partial charge on any atom is -0.465 e. The molecule has 0 saturated heterocycles. The molecule has 8 nitrogen and oxygen atoms in total. The van der Waals surface area contributed by atoms with Gasteiger partial charge in [-0.25, -0.2) is 19.3 Å². The highest BCUT2D eigenvalue weighted by molar-refractivity contribution is 6.04. The third-order valence-electron chi connectivity index (χ3n) is 4.54. The van der Waals surface area contributed by atoms with E-state index in [1.54, 1.807) is 35.3 Å². The number of hydrogen-bond donors (Lipinski definition) is 0. The van der Waals surface area contributed by atoms with Crippen LogP contribution in [0.15, 0.2) is 59.3 Å². The molecule has 3 heterocycles. The highest BCUT2D eigenvalue weighted by atomic mass is 16.5. The van der Waals surface area contributed by atoms with Crippen molar-refractivity contribution in [3.8, 4) is 17.2 Å². The molecular weight excluding hydrogens is 386 g/mol. The molecule has 0 aliphatic carbocycles. The average Bonchev–Trinajstić information content (AvgIpc) is 3.42. The zero-order valence-corrected chi connectivity index (χ0v) is 16.7. The predicted molar refractivity (Wildman–Crippen MR) is 108 cm³/mol. The van der Waals surface area contributed by atoms with E-state index < -0.39 is 11.9 Å². The highest BCUT2D eigenvalue weighted by Crippen LogP contribution is 2.27. The number of rotatable bonds is 5. The zero-order valence-electron chi connectivity index (χ0n) is 16.7. The summed E-state index contributed by atoms with van der Waals surface area (Å²) in [5, 5.41) is 4.95. The Kier molecular flexibility index (Phi) is 5.05. The van der Waals surface area contributed by atoms with Crippen LogP contribution in [-0.4, -0.2) is 33.8 Å². The molecule has 0 amide bonds. The molecule has 0 unspecified atom stereocenters. The molecule has 0 aliphatic heterocycles. The Bertz CT molecular complexity index is 1210. The molecule has 0 fully saturated rings. The SMILES string of the molecule is COC(=O)c1ccc(OC(=O)c2cc(-c3ccco3)nc3c2cnn3C(C)C)cc1. The maximum Gasteiger partial charge on any atom is 0.344 e. The number of pyridine rings is 1. The molecule has 1 aromatic carbocycles. The summed E-state index contributed by atoms with van der Waals surface area (Å²) in [7, 11) is 1.30. The smallest absolute Gasteiger partial charge is 0.344 e. The molecule has 4 aromatic rings. The first-order chi connectivity index (χ1) is 14.5. The lowest BCUT2D eigenvalue weighted by molar-refractivity contribution is 0.0600. The van der Waals surface area contributed by atoms with Gasteiger partial charge in [-0.05, 0) is 56.3 Å². The van der Waals surface area contributed by atoms with E-state index in [1.807, 2.05) is 13.8 Å². The van der Waals surface area contributed by atoms with Crippen molar-refractivity contribution in [2.24, 2.45) is 0 Å². The topological polar surface area (TPSA) is 96.5 Å². The average molecular weight is 405 g/mol. The van der Waals surface area contributed by atoms with Crippen LogP contribution in [0.1, 0.15) is 40.6 Å². The van der Waals surface area contributed by atoms with Gasteiger partial charge in [0.15, 0.2) is 11.4 Å². The van der Waals surface area contributed by atoms with Gasteiger partial charge in [0.25, 0.3) is 0 Å². The minimum atomic E-state index is -0.565. The molecule has 0 radical (unpaired) electrons. The normalized spacial score (nSPS) is 11.1. The third-order valence-corrected chi connectivity index (χ3v) is 4.54. The fourth-order valence-corrected chi connectivity index (χ4v) is 3.05. The number of esters is 2. The molecule has 152 valence electrons. The molecule has 0 spiro atoms. The van der Waals surface area contributed by atoms with Crippen molar-refractivity contribution < 1.29 is 23.5 Å².